The first-order chi connectivity index (χ1) is 15.1. The van der Waals surface area contributed by atoms with Crippen LogP contribution in [0.5, 0.6) is 11.5 Å². The minimum Gasteiger partial charge on any atom is -0.496 e. The van der Waals surface area contributed by atoms with E-state index in [0.717, 1.165) is 42.7 Å². The maximum Gasteiger partial charge on any atom is 0.314 e. The van der Waals surface area contributed by atoms with Crippen molar-refractivity contribution >= 4 is 17.6 Å². The highest BCUT2D eigenvalue weighted by Gasteiger charge is 2.27. The van der Waals surface area contributed by atoms with Gasteiger partial charge in [0.2, 0.25) is 0 Å². The Labute approximate surface area is 185 Å². The van der Waals surface area contributed by atoms with E-state index in [4.69, 9.17) is 9.47 Å². The first kappa shape index (κ1) is 22.6. The van der Waals surface area contributed by atoms with Crippen molar-refractivity contribution in [2.24, 2.45) is 11.8 Å². The Morgan fingerprint density at radius 3 is 2.45 bits per heavy atom. The summed E-state index contributed by atoms with van der Waals surface area (Å²) in [7, 11) is 1.59. The van der Waals surface area contributed by atoms with Crippen LogP contribution in [0.4, 0.5) is 0 Å². The van der Waals surface area contributed by atoms with Gasteiger partial charge in [0.25, 0.3) is 0 Å². The van der Waals surface area contributed by atoms with Crippen molar-refractivity contribution in [2.75, 3.05) is 7.11 Å². The van der Waals surface area contributed by atoms with E-state index in [9.17, 15) is 10.1 Å². The monoisotopic (exact) mass is 417 g/mol. The van der Waals surface area contributed by atoms with E-state index >= 15 is 0 Å². The largest absolute Gasteiger partial charge is 0.496 e. The van der Waals surface area contributed by atoms with Crippen LogP contribution in [0, 0.1) is 23.2 Å². The third-order valence-corrected chi connectivity index (χ3v) is 6.07. The van der Waals surface area contributed by atoms with E-state index in [2.05, 4.69) is 13.0 Å². The van der Waals surface area contributed by atoms with Gasteiger partial charge in [-0.25, -0.2) is 0 Å². The maximum atomic E-state index is 12.6. The van der Waals surface area contributed by atoms with E-state index in [1.165, 1.54) is 19.3 Å². The zero-order valence-electron chi connectivity index (χ0n) is 18.5. The fourth-order valence-electron chi connectivity index (χ4n) is 4.22. The number of carbonyl (C=O) groups is 1. The second kappa shape index (κ2) is 11.4. The lowest BCUT2D eigenvalue weighted by Crippen LogP contribution is -2.25. The third kappa shape index (κ3) is 6.21. The summed E-state index contributed by atoms with van der Waals surface area (Å²) in [5.41, 5.74) is 2.12. The molecule has 0 spiro atoms. The molecule has 1 fully saturated rings. The molecule has 0 bridgehead atoms. The fourth-order valence-corrected chi connectivity index (χ4v) is 4.22. The molecule has 1 saturated carbocycles. The minimum absolute atomic E-state index is 0.00758. The standard InChI is InChI=1S/C27H31NO3/c1-3-4-7-20-10-14-22(15-11-20)27(29)31-24-16-12-21(13-17-24)18-23(19-28)25-8-5-6-9-26(25)30-2/h5-6,8-9,12-13,16-18,20,22H,3-4,7,10-11,14-15H2,1-2H3/b23-18-. The molecule has 0 atom stereocenters. The molecule has 3 rings (SSSR count). The lowest BCUT2D eigenvalue weighted by atomic mass is 9.80. The summed E-state index contributed by atoms with van der Waals surface area (Å²) < 4.78 is 11.0. The normalized spacial score (nSPS) is 18.8. The highest BCUT2D eigenvalue weighted by atomic mass is 16.5. The minimum atomic E-state index is -0.121. The highest BCUT2D eigenvalue weighted by Crippen LogP contribution is 2.33. The van der Waals surface area contributed by atoms with Crippen LogP contribution in [0.25, 0.3) is 11.6 Å². The molecule has 0 amide bonds. The average molecular weight is 418 g/mol. The zero-order chi connectivity index (χ0) is 22.1. The molecule has 31 heavy (non-hydrogen) atoms. The molecule has 2 aromatic rings. The Bertz CT molecular complexity index is 932. The molecular weight excluding hydrogens is 386 g/mol. The van der Waals surface area contributed by atoms with Crippen LogP contribution in [0.1, 0.15) is 63.0 Å². The molecule has 1 aliphatic rings. The van der Waals surface area contributed by atoms with Crippen LogP contribution in [-0.4, -0.2) is 13.1 Å². The summed E-state index contributed by atoms with van der Waals surface area (Å²) in [6.07, 6.45) is 9.73. The molecule has 0 N–H and O–H groups in total. The predicted octanol–water partition coefficient (Wildman–Crippen LogP) is 6.66. The van der Waals surface area contributed by atoms with E-state index in [1.807, 2.05) is 36.4 Å². The van der Waals surface area contributed by atoms with Gasteiger partial charge in [-0.05, 0) is 67.5 Å². The van der Waals surface area contributed by atoms with Crippen LogP contribution >= 0.6 is 0 Å². The van der Waals surface area contributed by atoms with Crippen LogP contribution in [-0.2, 0) is 4.79 Å². The van der Waals surface area contributed by atoms with Gasteiger partial charge < -0.3 is 9.47 Å². The number of esters is 1. The average Bonchev–Trinajstić information content (AvgIpc) is 2.82. The van der Waals surface area contributed by atoms with Gasteiger partial charge in [0.15, 0.2) is 0 Å². The van der Waals surface area contributed by atoms with Crippen molar-refractivity contribution in [3.8, 4) is 17.6 Å². The molecule has 1 aliphatic carbocycles. The summed E-state index contributed by atoms with van der Waals surface area (Å²) in [5, 5.41) is 9.60. The second-order valence-corrected chi connectivity index (χ2v) is 8.22. The fraction of sp³-hybridized carbons (Fsp3) is 0.407. The molecule has 0 unspecified atom stereocenters. The molecule has 0 saturated heterocycles. The smallest absolute Gasteiger partial charge is 0.314 e. The van der Waals surface area contributed by atoms with Crippen molar-refractivity contribution < 1.29 is 14.3 Å². The van der Waals surface area contributed by atoms with Gasteiger partial charge >= 0.3 is 5.97 Å². The summed E-state index contributed by atoms with van der Waals surface area (Å²) in [6.45, 7) is 2.23. The number of allylic oxidation sites excluding steroid dienone is 1. The number of hydrogen-bond acceptors (Lipinski definition) is 4. The Balaban J connectivity index is 1.61. The Morgan fingerprint density at radius 1 is 1.10 bits per heavy atom. The molecule has 0 heterocycles. The number of benzene rings is 2. The number of carbonyl (C=O) groups excluding carboxylic acids is 1. The Morgan fingerprint density at radius 2 is 1.81 bits per heavy atom. The van der Waals surface area contributed by atoms with Gasteiger partial charge in [-0.3, -0.25) is 4.79 Å². The molecule has 162 valence electrons. The lowest BCUT2D eigenvalue weighted by molar-refractivity contribution is -0.140. The quantitative estimate of drug-likeness (QED) is 0.208. The van der Waals surface area contributed by atoms with Crippen LogP contribution in [0.3, 0.4) is 0 Å². The molecule has 0 radical (unpaired) electrons. The first-order valence-electron chi connectivity index (χ1n) is 11.2. The lowest BCUT2D eigenvalue weighted by Gasteiger charge is -2.27. The van der Waals surface area contributed by atoms with Gasteiger partial charge in [-0.15, -0.1) is 0 Å². The Kier molecular flexibility index (Phi) is 8.29. The van der Waals surface area contributed by atoms with Crippen LogP contribution in [0.2, 0.25) is 0 Å². The number of methoxy groups -OCH3 is 1. The van der Waals surface area contributed by atoms with Crippen molar-refractivity contribution in [1.29, 1.82) is 5.26 Å². The Hall–Kier alpha value is -3.06. The van der Waals surface area contributed by atoms with E-state index < -0.39 is 0 Å². The maximum absolute atomic E-state index is 12.6. The molecule has 4 heteroatoms. The topological polar surface area (TPSA) is 59.3 Å². The number of para-hydroxylation sites is 1. The predicted molar refractivity (Wildman–Crippen MR) is 124 cm³/mol. The van der Waals surface area contributed by atoms with Gasteiger partial charge in [-0.2, -0.15) is 5.26 Å². The van der Waals surface area contributed by atoms with Crippen LogP contribution in [0.15, 0.2) is 48.5 Å². The van der Waals surface area contributed by atoms with Gasteiger partial charge in [-0.1, -0.05) is 50.5 Å². The van der Waals surface area contributed by atoms with Crippen molar-refractivity contribution in [3.05, 3.63) is 59.7 Å². The van der Waals surface area contributed by atoms with E-state index in [0.29, 0.717) is 17.1 Å². The molecular formula is C27H31NO3. The second-order valence-electron chi connectivity index (χ2n) is 8.22. The number of hydrogen-bond donors (Lipinski definition) is 0. The molecule has 4 nitrogen and oxygen atoms in total. The van der Waals surface area contributed by atoms with Gasteiger partial charge in [0.1, 0.15) is 11.5 Å². The zero-order valence-corrected chi connectivity index (χ0v) is 18.5. The number of unbranched alkanes of at least 4 members (excludes halogenated alkanes) is 1. The molecule has 0 aromatic heterocycles. The third-order valence-electron chi connectivity index (χ3n) is 6.07. The SMILES string of the molecule is CCCCC1CCC(C(=O)Oc2ccc(/C=C(/C#N)c3ccccc3OC)cc2)CC1. The summed E-state index contributed by atoms with van der Waals surface area (Å²) in [4.78, 5) is 12.6. The number of nitriles is 1. The van der Waals surface area contributed by atoms with Gasteiger partial charge in [0.05, 0.1) is 24.7 Å². The summed E-state index contributed by atoms with van der Waals surface area (Å²) in [5.74, 6) is 1.86. The number of nitrogens with zero attached hydrogens (tertiary/aromatic N) is 1. The summed E-state index contributed by atoms with van der Waals surface area (Å²) >= 11 is 0. The first-order valence-corrected chi connectivity index (χ1v) is 11.2. The molecule has 2 aromatic carbocycles. The van der Waals surface area contributed by atoms with Crippen molar-refractivity contribution in [1.82, 2.24) is 0 Å². The van der Waals surface area contributed by atoms with Crippen molar-refractivity contribution in [2.45, 2.75) is 51.9 Å². The van der Waals surface area contributed by atoms with E-state index in [-0.39, 0.29) is 11.9 Å². The number of rotatable bonds is 8. The van der Waals surface area contributed by atoms with Crippen molar-refractivity contribution in [3.63, 3.8) is 0 Å². The highest BCUT2D eigenvalue weighted by molar-refractivity contribution is 5.91. The van der Waals surface area contributed by atoms with Gasteiger partial charge in [0, 0.05) is 5.56 Å². The number of ether oxygens (including phenoxy) is 2. The summed E-state index contributed by atoms with van der Waals surface area (Å²) in [6, 6.07) is 17.0. The molecule has 0 aliphatic heterocycles. The van der Waals surface area contributed by atoms with Crippen LogP contribution < -0.4 is 9.47 Å². The van der Waals surface area contributed by atoms with E-state index in [1.54, 1.807) is 25.3 Å².